The highest BCUT2D eigenvalue weighted by molar-refractivity contribution is 7.88. The largest absolute Gasteiger partial charge is 0.314 e. The van der Waals surface area contributed by atoms with Gasteiger partial charge in [-0.2, -0.15) is 4.31 Å². The molecule has 116 valence electrons. The predicted octanol–water partition coefficient (Wildman–Crippen LogP) is 0.815. The number of likely N-dealkylation sites (N-methyl/N-ethyl adjacent to an activating group) is 2. The van der Waals surface area contributed by atoms with Crippen LogP contribution in [0, 0.1) is 0 Å². The molecule has 0 aromatic carbocycles. The number of sulfonamides is 1. The van der Waals surface area contributed by atoms with E-state index < -0.39 is 10.0 Å². The van der Waals surface area contributed by atoms with Gasteiger partial charge in [-0.05, 0) is 37.3 Å². The lowest BCUT2D eigenvalue weighted by molar-refractivity contribution is -0.118. The summed E-state index contributed by atoms with van der Waals surface area (Å²) in [6.45, 7) is -0.160. The lowest BCUT2D eigenvalue weighted by Crippen LogP contribution is -2.39. The third-order valence-electron chi connectivity index (χ3n) is 3.87. The summed E-state index contributed by atoms with van der Waals surface area (Å²) in [5.41, 5.74) is 3.00. The fraction of sp³-hybridized carbons (Fsp3) is 0.571. The van der Waals surface area contributed by atoms with Gasteiger partial charge in [-0.25, -0.2) is 8.42 Å². The number of aromatic nitrogens is 1. The fourth-order valence-corrected chi connectivity index (χ4v) is 2.81. The molecule has 0 fully saturated rings. The Morgan fingerprint density at radius 3 is 2.62 bits per heavy atom. The Labute approximate surface area is 125 Å². The van der Waals surface area contributed by atoms with Gasteiger partial charge in [0.05, 0.1) is 12.8 Å². The molecule has 0 unspecified atom stereocenters. The van der Waals surface area contributed by atoms with E-state index in [1.54, 1.807) is 13.2 Å². The highest BCUT2D eigenvalue weighted by atomic mass is 32.2. The highest BCUT2D eigenvalue weighted by Gasteiger charge is 2.22. The van der Waals surface area contributed by atoms with Gasteiger partial charge in [0.25, 0.3) is 0 Å². The Morgan fingerprint density at radius 1 is 1.29 bits per heavy atom. The van der Waals surface area contributed by atoms with Gasteiger partial charge < -0.3 is 4.90 Å². The molecule has 0 saturated carbocycles. The summed E-state index contributed by atoms with van der Waals surface area (Å²) in [5.74, 6) is -0.248. The maximum absolute atomic E-state index is 12.3. The smallest absolute Gasteiger partial charge is 0.242 e. The molecule has 0 spiro atoms. The highest BCUT2D eigenvalue weighted by Crippen LogP contribution is 2.28. The van der Waals surface area contributed by atoms with Crippen molar-refractivity contribution in [3.05, 3.63) is 23.5 Å². The summed E-state index contributed by atoms with van der Waals surface area (Å²) in [5, 5.41) is 0. The Kier molecular flexibility index (Phi) is 4.63. The maximum Gasteiger partial charge on any atom is 0.242 e. The first kappa shape index (κ1) is 15.9. The lowest BCUT2D eigenvalue weighted by Gasteiger charge is -2.25. The summed E-state index contributed by atoms with van der Waals surface area (Å²) in [6, 6.07) is 1.82. The normalized spacial score (nSPS) is 14.9. The van der Waals surface area contributed by atoms with Crippen molar-refractivity contribution in [1.82, 2.24) is 9.29 Å². The van der Waals surface area contributed by atoms with Crippen LogP contribution >= 0.6 is 0 Å². The zero-order chi connectivity index (χ0) is 15.6. The van der Waals surface area contributed by atoms with Crippen LogP contribution in [0.2, 0.25) is 0 Å². The van der Waals surface area contributed by atoms with Crippen molar-refractivity contribution < 1.29 is 13.2 Å². The first-order valence-corrected chi connectivity index (χ1v) is 8.80. The monoisotopic (exact) mass is 311 g/mol. The van der Waals surface area contributed by atoms with Crippen LogP contribution in [-0.2, 0) is 27.7 Å². The minimum atomic E-state index is -3.36. The lowest BCUT2D eigenvalue weighted by atomic mass is 9.94. The van der Waals surface area contributed by atoms with Crippen LogP contribution in [0.3, 0.4) is 0 Å². The number of carbonyl (C=O) groups is 1. The quantitative estimate of drug-likeness (QED) is 0.825. The number of carbonyl (C=O) groups excluding carboxylic acids is 1. The second-order valence-corrected chi connectivity index (χ2v) is 7.52. The van der Waals surface area contributed by atoms with Crippen LogP contribution in [0.4, 0.5) is 5.69 Å². The second kappa shape index (κ2) is 6.11. The Hall–Kier alpha value is -1.47. The van der Waals surface area contributed by atoms with Gasteiger partial charge in [0.15, 0.2) is 0 Å². The van der Waals surface area contributed by atoms with E-state index in [1.165, 1.54) is 11.9 Å². The molecule has 7 heteroatoms. The Bertz CT molecular complexity index is 643. The number of pyridine rings is 1. The molecule has 2 rings (SSSR count). The van der Waals surface area contributed by atoms with E-state index in [9.17, 15) is 13.2 Å². The molecule has 1 aliphatic carbocycles. The Balaban J connectivity index is 2.20. The van der Waals surface area contributed by atoms with Crippen LogP contribution in [0.25, 0.3) is 0 Å². The molecule has 1 aliphatic rings. The van der Waals surface area contributed by atoms with E-state index in [1.807, 2.05) is 6.07 Å². The number of hydrogen-bond acceptors (Lipinski definition) is 4. The molecule has 0 N–H and O–H groups in total. The van der Waals surface area contributed by atoms with Crippen molar-refractivity contribution >= 4 is 21.6 Å². The minimum absolute atomic E-state index is 0.160. The zero-order valence-electron chi connectivity index (χ0n) is 12.7. The molecule has 0 radical (unpaired) electrons. The molecule has 0 atom stereocenters. The summed E-state index contributed by atoms with van der Waals surface area (Å²) < 4.78 is 23.9. The maximum atomic E-state index is 12.3. The average Bonchev–Trinajstić information content (AvgIpc) is 2.44. The molecule has 1 aromatic rings. The number of anilines is 1. The summed E-state index contributed by atoms with van der Waals surface area (Å²) in [6.07, 6.45) is 6.87. The molecule has 0 aliphatic heterocycles. The Morgan fingerprint density at radius 2 is 1.95 bits per heavy atom. The van der Waals surface area contributed by atoms with Gasteiger partial charge >= 0.3 is 0 Å². The van der Waals surface area contributed by atoms with E-state index in [0.29, 0.717) is 0 Å². The molecular weight excluding hydrogens is 290 g/mol. The van der Waals surface area contributed by atoms with Gasteiger partial charge in [-0.15, -0.1) is 0 Å². The third kappa shape index (κ3) is 3.59. The van der Waals surface area contributed by atoms with Crippen LogP contribution in [0.1, 0.15) is 24.1 Å². The van der Waals surface area contributed by atoms with E-state index in [-0.39, 0.29) is 12.5 Å². The topological polar surface area (TPSA) is 70.6 Å². The van der Waals surface area contributed by atoms with E-state index in [4.69, 9.17) is 0 Å². The summed E-state index contributed by atoms with van der Waals surface area (Å²) >= 11 is 0. The summed E-state index contributed by atoms with van der Waals surface area (Å²) in [4.78, 5) is 18.2. The first-order chi connectivity index (χ1) is 9.80. The van der Waals surface area contributed by atoms with E-state index in [0.717, 1.165) is 53.2 Å². The molecule has 21 heavy (non-hydrogen) atoms. The van der Waals surface area contributed by atoms with Crippen molar-refractivity contribution in [3.8, 4) is 0 Å². The van der Waals surface area contributed by atoms with Gasteiger partial charge in [-0.1, -0.05) is 0 Å². The third-order valence-corrected chi connectivity index (χ3v) is 5.13. The second-order valence-electron chi connectivity index (χ2n) is 5.43. The summed E-state index contributed by atoms with van der Waals surface area (Å²) in [7, 11) is -0.268. The SMILES string of the molecule is CN(C(=O)CN(C)S(C)(=O)=O)c1ccnc2c1CCCC2. The van der Waals surface area contributed by atoms with E-state index in [2.05, 4.69) is 4.98 Å². The number of aryl methyl sites for hydroxylation is 1. The number of fused-ring (bicyclic) bond motifs is 1. The molecule has 0 bridgehead atoms. The average molecular weight is 311 g/mol. The van der Waals surface area contributed by atoms with Gasteiger partial charge in [-0.3, -0.25) is 9.78 Å². The van der Waals surface area contributed by atoms with Crippen molar-refractivity contribution in [2.24, 2.45) is 0 Å². The van der Waals surface area contributed by atoms with Crippen LogP contribution in [0.15, 0.2) is 12.3 Å². The predicted molar refractivity (Wildman–Crippen MR) is 81.8 cm³/mol. The molecular formula is C14H21N3O3S. The van der Waals surface area contributed by atoms with Gasteiger partial charge in [0.1, 0.15) is 0 Å². The molecule has 1 aromatic heterocycles. The van der Waals surface area contributed by atoms with Crippen molar-refractivity contribution in [3.63, 3.8) is 0 Å². The standard InChI is InChI=1S/C14H21N3O3S/c1-16(21(3,19)20)10-14(18)17(2)13-8-9-15-12-7-5-4-6-11(12)13/h8-9H,4-7,10H2,1-3H3. The number of amides is 1. The van der Waals surface area contributed by atoms with E-state index >= 15 is 0 Å². The van der Waals surface area contributed by atoms with Crippen LogP contribution in [0.5, 0.6) is 0 Å². The molecule has 0 saturated heterocycles. The molecule has 6 nitrogen and oxygen atoms in total. The van der Waals surface area contributed by atoms with Crippen molar-refractivity contribution in [2.45, 2.75) is 25.7 Å². The first-order valence-electron chi connectivity index (χ1n) is 6.95. The van der Waals surface area contributed by atoms with Crippen molar-refractivity contribution in [1.29, 1.82) is 0 Å². The van der Waals surface area contributed by atoms with Crippen LogP contribution < -0.4 is 4.90 Å². The molecule has 1 heterocycles. The zero-order valence-corrected chi connectivity index (χ0v) is 13.5. The van der Waals surface area contributed by atoms with Gasteiger partial charge in [0, 0.05) is 31.7 Å². The number of rotatable bonds is 4. The fourth-order valence-electron chi connectivity index (χ4n) is 2.47. The number of hydrogen-bond donors (Lipinski definition) is 0. The van der Waals surface area contributed by atoms with Gasteiger partial charge in [0.2, 0.25) is 15.9 Å². The number of nitrogens with zero attached hydrogens (tertiary/aromatic N) is 3. The molecule has 1 amide bonds. The van der Waals surface area contributed by atoms with Crippen molar-refractivity contribution in [2.75, 3.05) is 31.8 Å². The van der Waals surface area contributed by atoms with Crippen LogP contribution in [-0.4, -0.2) is 50.5 Å². The minimum Gasteiger partial charge on any atom is -0.314 e.